The van der Waals surface area contributed by atoms with Crippen molar-refractivity contribution in [2.75, 3.05) is 45.2 Å². The first-order valence-electron chi connectivity index (χ1n) is 11.5. The highest BCUT2D eigenvalue weighted by Gasteiger charge is 2.29. The third-order valence-corrected chi connectivity index (χ3v) is 6.83. The van der Waals surface area contributed by atoms with Crippen LogP contribution < -0.4 is 9.64 Å². The molecule has 2 saturated heterocycles. The summed E-state index contributed by atoms with van der Waals surface area (Å²) in [4.78, 5) is 20.7. The molecule has 1 amide bonds. The van der Waals surface area contributed by atoms with Crippen molar-refractivity contribution >= 4 is 24.0 Å². The second-order valence-electron chi connectivity index (χ2n) is 8.97. The fourth-order valence-electron chi connectivity index (χ4n) is 4.90. The molecule has 4 rings (SSSR count). The van der Waals surface area contributed by atoms with E-state index < -0.39 is 0 Å². The van der Waals surface area contributed by atoms with Gasteiger partial charge in [-0.1, -0.05) is 24.3 Å². The van der Waals surface area contributed by atoms with Crippen molar-refractivity contribution in [3.63, 3.8) is 0 Å². The number of methoxy groups -OCH3 is 1. The van der Waals surface area contributed by atoms with Gasteiger partial charge in [0.1, 0.15) is 5.75 Å². The molecular weight excluding hydrogens is 422 g/mol. The Bertz CT molecular complexity index is 906. The number of ether oxygens (including phenoxy) is 1. The summed E-state index contributed by atoms with van der Waals surface area (Å²) in [6.45, 7) is 6.92. The van der Waals surface area contributed by atoms with Crippen LogP contribution in [-0.2, 0) is 6.54 Å². The zero-order valence-corrected chi connectivity index (χ0v) is 20.4. The summed E-state index contributed by atoms with van der Waals surface area (Å²) in [5.74, 6) is 0.968. The molecule has 0 N–H and O–H groups in total. The highest BCUT2D eigenvalue weighted by Crippen LogP contribution is 2.29. The number of piperidine rings is 1. The fourth-order valence-corrected chi connectivity index (χ4v) is 4.90. The number of rotatable bonds is 6. The number of carbonyl (C=O) groups is 1. The van der Waals surface area contributed by atoms with E-state index in [0.717, 1.165) is 55.9 Å². The second-order valence-corrected chi connectivity index (χ2v) is 8.97. The molecule has 0 atom stereocenters. The lowest BCUT2D eigenvalue weighted by Gasteiger charge is -2.38. The van der Waals surface area contributed by atoms with Gasteiger partial charge in [0.15, 0.2) is 0 Å². The Kier molecular flexibility index (Phi) is 8.44. The van der Waals surface area contributed by atoms with Crippen LogP contribution in [0, 0.1) is 6.92 Å². The summed E-state index contributed by atoms with van der Waals surface area (Å²) in [6.07, 6.45) is 4.46. The Morgan fingerprint density at radius 1 is 1.06 bits per heavy atom. The molecule has 0 bridgehead atoms. The van der Waals surface area contributed by atoms with E-state index in [0.29, 0.717) is 6.54 Å². The third-order valence-electron chi connectivity index (χ3n) is 6.83. The Morgan fingerprint density at radius 3 is 2.44 bits per heavy atom. The van der Waals surface area contributed by atoms with Gasteiger partial charge in [-0.05, 0) is 76.5 Å². The summed E-state index contributed by atoms with van der Waals surface area (Å²) in [6, 6.07) is 14.5. The Balaban J connectivity index is 0.00000289. The van der Waals surface area contributed by atoms with Crippen molar-refractivity contribution in [2.24, 2.45) is 0 Å². The van der Waals surface area contributed by atoms with Gasteiger partial charge < -0.3 is 19.4 Å². The standard InChI is InChI=1S/C26H35N3O2.ClH/c1-20-10-11-21(18-24(20)28-14-6-7-15-28)26(30)29(23-12-16-27(2)17-13-23)19-22-8-4-5-9-25(22)31-3;/h4-5,8-11,18,23H,6-7,12-17,19H2,1-3H3;1H. The monoisotopic (exact) mass is 457 g/mol. The molecule has 6 heteroatoms. The number of nitrogens with zero attached hydrogens (tertiary/aromatic N) is 3. The minimum absolute atomic E-state index is 0. The van der Waals surface area contributed by atoms with Crippen LogP contribution in [0.3, 0.4) is 0 Å². The Morgan fingerprint density at radius 2 is 1.75 bits per heavy atom. The van der Waals surface area contributed by atoms with Crippen molar-refractivity contribution in [3.8, 4) is 5.75 Å². The van der Waals surface area contributed by atoms with Crippen LogP contribution in [0.5, 0.6) is 5.75 Å². The smallest absolute Gasteiger partial charge is 0.254 e. The average molecular weight is 458 g/mol. The predicted molar refractivity (Wildman–Crippen MR) is 133 cm³/mol. The summed E-state index contributed by atoms with van der Waals surface area (Å²) >= 11 is 0. The zero-order valence-electron chi connectivity index (χ0n) is 19.5. The quantitative estimate of drug-likeness (QED) is 0.626. The molecule has 2 aliphatic rings. The minimum Gasteiger partial charge on any atom is -0.496 e. The van der Waals surface area contributed by atoms with Gasteiger partial charge >= 0.3 is 0 Å². The molecular formula is C26H36ClN3O2. The SMILES string of the molecule is COc1ccccc1CN(C(=O)c1ccc(C)c(N2CCCC2)c1)C1CCN(C)CC1.Cl. The van der Waals surface area contributed by atoms with Crippen LogP contribution in [0.2, 0.25) is 0 Å². The summed E-state index contributed by atoms with van der Waals surface area (Å²) in [7, 11) is 3.85. The van der Waals surface area contributed by atoms with Crippen molar-refractivity contribution in [3.05, 3.63) is 59.2 Å². The predicted octanol–water partition coefficient (Wildman–Crippen LogP) is 4.76. The molecule has 0 radical (unpaired) electrons. The van der Waals surface area contributed by atoms with E-state index >= 15 is 0 Å². The van der Waals surface area contributed by atoms with Gasteiger partial charge in [0, 0.05) is 42.5 Å². The fraction of sp³-hybridized carbons (Fsp3) is 0.500. The number of aryl methyl sites for hydroxylation is 1. The van der Waals surface area contributed by atoms with Crippen molar-refractivity contribution < 1.29 is 9.53 Å². The number of para-hydroxylation sites is 1. The van der Waals surface area contributed by atoms with Crippen LogP contribution in [0.4, 0.5) is 5.69 Å². The maximum Gasteiger partial charge on any atom is 0.254 e. The van der Waals surface area contributed by atoms with Crippen molar-refractivity contribution in [2.45, 2.75) is 45.2 Å². The zero-order chi connectivity index (χ0) is 21.8. The number of carbonyl (C=O) groups excluding carboxylic acids is 1. The van der Waals surface area contributed by atoms with Crippen molar-refractivity contribution in [1.82, 2.24) is 9.80 Å². The molecule has 0 saturated carbocycles. The summed E-state index contributed by atoms with van der Waals surface area (Å²) in [5, 5.41) is 0. The van der Waals surface area contributed by atoms with E-state index in [-0.39, 0.29) is 24.4 Å². The first kappa shape index (κ1) is 24.4. The molecule has 2 aliphatic heterocycles. The Labute approximate surface area is 198 Å². The van der Waals surface area contributed by atoms with E-state index in [2.05, 4.69) is 46.9 Å². The largest absolute Gasteiger partial charge is 0.496 e. The van der Waals surface area contributed by atoms with Crippen LogP contribution in [-0.4, -0.2) is 62.1 Å². The normalized spacial score (nSPS) is 17.2. The molecule has 0 aromatic heterocycles. The molecule has 174 valence electrons. The van der Waals surface area contributed by atoms with E-state index in [1.807, 2.05) is 24.3 Å². The second kappa shape index (κ2) is 11.1. The van der Waals surface area contributed by atoms with Gasteiger partial charge in [0.2, 0.25) is 0 Å². The van der Waals surface area contributed by atoms with Gasteiger partial charge in [-0.25, -0.2) is 0 Å². The van der Waals surface area contributed by atoms with E-state index in [1.54, 1.807) is 7.11 Å². The number of hydrogen-bond donors (Lipinski definition) is 0. The highest BCUT2D eigenvalue weighted by molar-refractivity contribution is 5.95. The molecule has 5 nitrogen and oxygen atoms in total. The molecule has 2 aromatic rings. The summed E-state index contributed by atoms with van der Waals surface area (Å²) < 4.78 is 5.59. The molecule has 0 unspecified atom stereocenters. The van der Waals surface area contributed by atoms with E-state index in [9.17, 15) is 4.79 Å². The van der Waals surface area contributed by atoms with Crippen LogP contribution >= 0.6 is 12.4 Å². The number of amides is 1. The molecule has 0 aliphatic carbocycles. The highest BCUT2D eigenvalue weighted by atomic mass is 35.5. The molecule has 32 heavy (non-hydrogen) atoms. The molecule has 2 aromatic carbocycles. The lowest BCUT2D eigenvalue weighted by atomic mass is 10.00. The number of halogens is 1. The number of hydrogen-bond acceptors (Lipinski definition) is 4. The summed E-state index contributed by atoms with van der Waals surface area (Å²) in [5.41, 5.74) is 4.31. The lowest BCUT2D eigenvalue weighted by Crippen LogP contribution is -2.46. The van der Waals surface area contributed by atoms with Crippen LogP contribution in [0.15, 0.2) is 42.5 Å². The first-order valence-corrected chi connectivity index (χ1v) is 11.5. The maximum atomic E-state index is 13.9. The van der Waals surface area contributed by atoms with E-state index in [1.165, 1.54) is 24.1 Å². The number of likely N-dealkylation sites (tertiary alicyclic amines) is 1. The van der Waals surface area contributed by atoms with Crippen LogP contribution in [0.1, 0.15) is 47.2 Å². The van der Waals surface area contributed by atoms with E-state index in [4.69, 9.17) is 4.74 Å². The van der Waals surface area contributed by atoms with Crippen LogP contribution in [0.25, 0.3) is 0 Å². The first-order chi connectivity index (χ1) is 15.1. The van der Waals surface area contributed by atoms with Gasteiger partial charge in [-0.3, -0.25) is 4.79 Å². The van der Waals surface area contributed by atoms with Crippen molar-refractivity contribution in [1.29, 1.82) is 0 Å². The minimum atomic E-state index is 0. The third kappa shape index (κ3) is 5.38. The molecule has 0 spiro atoms. The number of anilines is 1. The molecule has 2 heterocycles. The average Bonchev–Trinajstić information content (AvgIpc) is 3.33. The number of benzene rings is 2. The topological polar surface area (TPSA) is 36.0 Å². The van der Waals surface area contributed by atoms with Gasteiger partial charge in [-0.15, -0.1) is 12.4 Å². The van der Waals surface area contributed by atoms with Gasteiger partial charge in [0.05, 0.1) is 7.11 Å². The van der Waals surface area contributed by atoms with Gasteiger partial charge in [0.25, 0.3) is 5.91 Å². The molecule has 2 fully saturated rings. The van der Waals surface area contributed by atoms with Gasteiger partial charge in [-0.2, -0.15) is 0 Å². The Hall–Kier alpha value is -2.24. The lowest BCUT2D eigenvalue weighted by molar-refractivity contribution is 0.0568. The maximum absolute atomic E-state index is 13.9.